The standard InChI is InChI=1S/C20H24N4O/c1-12-8-17-18(22-23-19(17)14-5-4-6-21-10-14)9-16(12)15-7-13(2)20(25)24(3)11-15/h7-9,11,14,21H,4-6,10H2,1-3H3,(H,22,23). The summed E-state index contributed by atoms with van der Waals surface area (Å²) in [6.45, 7) is 6.11. The van der Waals surface area contributed by atoms with E-state index in [1.54, 1.807) is 11.6 Å². The zero-order chi connectivity index (χ0) is 17.6. The van der Waals surface area contributed by atoms with Gasteiger partial charge < -0.3 is 9.88 Å². The molecule has 2 aromatic heterocycles. The van der Waals surface area contributed by atoms with Crippen molar-refractivity contribution < 1.29 is 0 Å². The van der Waals surface area contributed by atoms with Gasteiger partial charge in [0, 0.05) is 42.4 Å². The summed E-state index contributed by atoms with van der Waals surface area (Å²) in [5.41, 5.74) is 6.44. The number of fused-ring (bicyclic) bond motifs is 1. The summed E-state index contributed by atoms with van der Waals surface area (Å²) >= 11 is 0. The second-order valence-electron chi connectivity index (χ2n) is 7.19. The van der Waals surface area contributed by atoms with Crippen LogP contribution in [0, 0.1) is 13.8 Å². The Bertz CT molecular complexity index is 967. The van der Waals surface area contributed by atoms with Crippen LogP contribution < -0.4 is 10.9 Å². The summed E-state index contributed by atoms with van der Waals surface area (Å²) in [4.78, 5) is 12.0. The molecule has 5 heteroatoms. The smallest absolute Gasteiger partial charge is 0.253 e. The van der Waals surface area contributed by atoms with Gasteiger partial charge in [0.2, 0.25) is 0 Å². The van der Waals surface area contributed by atoms with Crippen LogP contribution in [-0.2, 0) is 7.05 Å². The summed E-state index contributed by atoms with van der Waals surface area (Å²) in [6, 6.07) is 6.34. The molecule has 1 aliphatic heterocycles. The van der Waals surface area contributed by atoms with Crippen LogP contribution in [0.4, 0.5) is 0 Å². The van der Waals surface area contributed by atoms with Crippen molar-refractivity contribution in [2.45, 2.75) is 32.6 Å². The van der Waals surface area contributed by atoms with E-state index in [1.807, 2.05) is 19.2 Å². The first kappa shape index (κ1) is 16.1. The molecule has 0 bridgehead atoms. The maximum atomic E-state index is 12.0. The molecule has 0 saturated carbocycles. The molecule has 1 saturated heterocycles. The highest BCUT2D eigenvalue weighted by Crippen LogP contribution is 2.33. The molecule has 3 heterocycles. The Morgan fingerprint density at radius 2 is 2.04 bits per heavy atom. The molecule has 0 spiro atoms. The fourth-order valence-electron chi connectivity index (χ4n) is 3.93. The molecule has 25 heavy (non-hydrogen) atoms. The minimum Gasteiger partial charge on any atom is -0.318 e. The predicted octanol–water partition coefficient (Wildman–Crippen LogP) is 3.01. The van der Waals surface area contributed by atoms with Crippen molar-refractivity contribution in [1.29, 1.82) is 0 Å². The average Bonchev–Trinajstić information content (AvgIpc) is 3.02. The van der Waals surface area contributed by atoms with Crippen LogP contribution in [0.3, 0.4) is 0 Å². The second-order valence-corrected chi connectivity index (χ2v) is 7.19. The molecule has 5 nitrogen and oxygen atoms in total. The third-order valence-corrected chi connectivity index (χ3v) is 5.31. The molecule has 1 atom stereocenters. The molecule has 3 aromatic rings. The van der Waals surface area contributed by atoms with Crippen LogP contribution in [0.2, 0.25) is 0 Å². The summed E-state index contributed by atoms with van der Waals surface area (Å²) in [7, 11) is 1.80. The molecule has 0 radical (unpaired) electrons. The fourth-order valence-corrected chi connectivity index (χ4v) is 3.93. The first-order chi connectivity index (χ1) is 12.0. The lowest BCUT2D eigenvalue weighted by Gasteiger charge is -2.22. The molecule has 1 aliphatic rings. The van der Waals surface area contributed by atoms with Gasteiger partial charge in [-0.25, -0.2) is 0 Å². The molecule has 0 amide bonds. The molecule has 0 aliphatic carbocycles. The van der Waals surface area contributed by atoms with Gasteiger partial charge in [-0.2, -0.15) is 5.10 Å². The zero-order valence-corrected chi connectivity index (χ0v) is 15.0. The summed E-state index contributed by atoms with van der Waals surface area (Å²) in [5, 5.41) is 12.5. The number of H-pyrrole nitrogens is 1. The topological polar surface area (TPSA) is 62.7 Å². The molecular formula is C20H24N4O. The van der Waals surface area contributed by atoms with Crippen molar-refractivity contribution in [1.82, 2.24) is 20.1 Å². The lowest BCUT2D eigenvalue weighted by atomic mass is 9.92. The molecule has 4 rings (SSSR count). The Morgan fingerprint density at radius 1 is 1.20 bits per heavy atom. The van der Waals surface area contributed by atoms with Gasteiger partial charge >= 0.3 is 0 Å². The van der Waals surface area contributed by atoms with Gasteiger partial charge in [0.05, 0.1) is 5.52 Å². The molecule has 2 N–H and O–H groups in total. The van der Waals surface area contributed by atoms with Gasteiger partial charge in [0.15, 0.2) is 0 Å². The van der Waals surface area contributed by atoms with Gasteiger partial charge in [-0.15, -0.1) is 0 Å². The summed E-state index contributed by atoms with van der Waals surface area (Å²) in [6.07, 6.45) is 4.31. The zero-order valence-electron chi connectivity index (χ0n) is 15.0. The number of hydrogen-bond acceptors (Lipinski definition) is 3. The summed E-state index contributed by atoms with van der Waals surface area (Å²) in [5.74, 6) is 0.504. The monoisotopic (exact) mass is 336 g/mol. The molecular weight excluding hydrogens is 312 g/mol. The lowest BCUT2D eigenvalue weighted by Crippen LogP contribution is -2.28. The number of aromatic amines is 1. The minimum atomic E-state index is 0.0503. The van der Waals surface area contributed by atoms with Gasteiger partial charge in [0.1, 0.15) is 0 Å². The van der Waals surface area contributed by atoms with E-state index >= 15 is 0 Å². The number of nitrogens with zero attached hydrogens (tertiary/aromatic N) is 2. The Kier molecular flexibility index (Phi) is 3.96. The molecule has 1 unspecified atom stereocenters. The third kappa shape index (κ3) is 2.78. The largest absolute Gasteiger partial charge is 0.318 e. The van der Waals surface area contributed by atoms with E-state index in [4.69, 9.17) is 0 Å². The maximum absolute atomic E-state index is 12.0. The quantitative estimate of drug-likeness (QED) is 0.756. The van der Waals surface area contributed by atoms with Crippen molar-refractivity contribution in [3.8, 4) is 11.1 Å². The number of rotatable bonds is 2. The number of hydrogen-bond donors (Lipinski definition) is 2. The van der Waals surface area contributed by atoms with E-state index < -0.39 is 0 Å². The number of piperidine rings is 1. The highest BCUT2D eigenvalue weighted by atomic mass is 16.1. The van der Waals surface area contributed by atoms with Crippen LogP contribution >= 0.6 is 0 Å². The van der Waals surface area contributed by atoms with Crippen molar-refractivity contribution in [3.63, 3.8) is 0 Å². The second kappa shape index (κ2) is 6.15. The van der Waals surface area contributed by atoms with Crippen LogP contribution in [0.15, 0.2) is 29.2 Å². The molecule has 130 valence electrons. The number of benzene rings is 1. The van der Waals surface area contributed by atoms with E-state index in [0.29, 0.717) is 5.92 Å². The predicted molar refractivity (Wildman–Crippen MR) is 101 cm³/mol. The Labute approximate surface area is 147 Å². The van der Waals surface area contributed by atoms with E-state index in [0.717, 1.165) is 35.3 Å². The van der Waals surface area contributed by atoms with Crippen LogP contribution in [0.5, 0.6) is 0 Å². The maximum Gasteiger partial charge on any atom is 0.253 e. The number of aromatic nitrogens is 3. The molecule has 1 fully saturated rings. The van der Waals surface area contributed by atoms with E-state index in [2.05, 4.69) is 34.6 Å². The van der Waals surface area contributed by atoms with Crippen LogP contribution in [0.25, 0.3) is 22.0 Å². The van der Waals surface area contributed by atoms with Crippen LogP contribution in [-0.4, -0.2) is 27.9 Å². The van der Waals surface area contributed by atoms with Gasteiger partial charge in [-0.05, 0) is 68.1 Å². The Morgan fingerprint density at radius 3 is 2.76 bits per heavy atom. The third-order valence-electron chi connectivity index (χ3n) is 5.31. The highest BCUT2D eigenvalue weighted by Gasteiger charge is 2.20. The number of pyridine rings is 1. The van der Waals surface area contributed by atoms with Gasteiger partial charge in [-0.3, -0.25) is 9.89 Å². The first-order valence-corrected chi connectivity index (χ1v) is 8.91. The van der Waals surface area contributed by atoms with Crippen molar-refractivity contribution in [2.24, 2.45) is 7.05 Å². The number of aryl methyl sites for hydroxylation is 3. The lowest BCUT2D eigenvalue weighted by molar-refractivity contribution is 0.456. The van der Waals surface area contributed by atoms with Gasteiger partial charge in [-0.1, -0.05) is 0 Å². The van der Waals surface area contributed by atoms with Crippen molar-refractivity contribution in [2.75, 3.05) is 13.1 Å². The van der Waals surface area contributed by atoms with Crippen molar-refractivity contribution in [3.05, 3.63) is 51.6 Å². The fraction of sp³-hybridized carbons (Fsp3) is 0.400. The van der Waals surface area contributed by atoms with Crippen LogP contribution in [0.1, 0.15) is 35.6 Å². The normalized spacial score (nSPS) is 18.0. The van der Waals surface area contributed by atoms with E-state index in [-0.39, 0.29) is 5.56 Å². The minimum absolute atomic E-state index is 0.0503. The molecule has 1 aromatic carbocycles. The Hall–Kier alpha value is -2.40. The Balaban J connectivity index is 1.82. The summed E-state index contributed by atoms with van der Waals surface area (Å²) < 4.78 is 1.65. The highest BCUT2D eigenvalue weighted by molar-refractivity contribution is 5.88. The van der Waals surface area contributed by atoms with E-state index in [9.17, 15) is 4.79 Å². The number of nitrogens with one attached hydrogen (secondary N) is 2. The first-order valence-electron chi connectivity index (χ1n) is 8.91. The van der Waals surface area contributed by atoms with Crippen molar-refractivity contribution >= 4 is 10.9 Å². The van der Waals surface area contributed by atoms with E-state index in [1.165, 1.54) is 29.5 Å². The average molecular weight is 336 g/mol. The van der Waals surface area contributed by atoms with Gasteiger partial charge in [0.25, 0.3) is 5.56 Å². The SMILES string of the molecule is Cc1cc2c(C3CCCNC3)[nH]nc2cc1-c1cc(C)c(=O)n(C)c1.